The summed E-state index contributed by atoms with van der Waals surface area (Å²) in [6.45, 7) is 4.59. The van der Waals surface area contributed by atoms with Crippen molar-refractivity contribution in [2.45, 2.75) is 161 Å². The number of hydrogen-bond donors (Lipinski definition) is 1. The number of nitrogens with two attached hydrogens (primary N) is 1. The second kappa shape index (κ2) is 19.0. The fourth-order valence-electron chi connectivity index (χ4n) is 4.88. The Labute approximate surface area is 179 Å². The molecule has 0 radical (unpaired) electrons. The number of unbranched alkanes of at least 4 members (excludes halogenated alkanes) is 14. The van der Waals surface area contributed by atoms with Crippen LogP contribution in [-0.4, -0.2) is 6.04 Å². The van der Waals surface area contributed by atoms with E-state index in [1.807, 2.05) is 0 Å². The van der Waals surface area contributed by atoms with E-state index >= 15 is 0 Å². The van der Waals surface area contributed by atoms with E-state index in [2.05, 4.69) is 13.8 Å². The van der Waals surface area contributed by atoms with Crippen LogP contribution in [-0.2, 0) is 0 Å². The minimum absolute atomic E-state index is 0.473. The molecule has 1 nitrogen and oxygen atoms in total. The molecule has 0 spiro atoms. The van der Waals surface area contributed by atoms with Gasteiger partial charge in [0.25, 0.3) is 0 Å². The Balaban J connectivity index is 1.75. The third-order valence-corrected chi connectivity index (χ3v) is 7.08. The van der Waals surface area contributed by atoms with Crippen LogP contribution in [0.15, 0.2) is 0 Å². The fourth-order valence-corrected chi connectivity index (χ4v) is 4.88. The average molecular weight is 394 g/mol. The molecule has 168 valence electrons. The summed E-state index contributed by atoms with van der Waals surface area (Å²) < 4.78 is 0. The van der Waals surface area contributed by atoms with Crippen molar-refractivity contribution in [3.63, 3.8) is 0 Å². The van der Waals surface area contributed by atoms with E-state index in [1.54, 1.807) is 6.42 Å². The van der Waals surface area contributed by atoms with Gasteiger partial charge in [0.1, 0.15) is 0 Å². The van der Waals surface area contributed by atoms with Gasteiger partial charge in [0, 0.05) is 6.04 Å². The molecule has 1 unspecified atom stereocenters. The van der Waals surface area contributed by atoms with E-state index in [0.717, 1.165) is 11.8 Å². The minimum Gasteiger partial charge on any atom is -0.328 e. The van der Waals surface area contributed by atoms with Gasteiger partial charge in [-0.25, -0.2) is 0 Å². The predicted molar refractivity (Wildman–Crippen MR) is 128 cm³/mol. The molecule has 1 heteroatoms. The zero-order valence-corrected chi connectivity index (χ0v) is 19.9. The molecule has 0 aromatic rings. The molecule has 0 amide bonds. The summed E-state index contributed by atoms with van der Waals surface area (Å²) in [5.41, 5.74) is 6.29. The molecule has 0 bridgehead atoms. The highest BCUT2D eigenvalue weighted by molar-refractivity contribution is 4.85. The van der Waals surface area contributed by atoms with E-state index in [9.17, 15) is 0 Å². The molecular formula is C27H55N. The molecule has 1 saturated carbocycles. The summed E-state index contributed by atoms with van der Waals surface area (Å²) in [5, 5.41) is 0. The Hall–Kier alpha value is -0.0400. The number of hydrogen-bond acceptors (Lipinski definition) is 1. The van der Waals surface area contributed by atoms with Crippen LogP contribution in [0.5, 0.6) is 0 Å². The van der Waals surface area contributed by atoms with Crippen molar-refractivity contribution in [1.82, 2.24) is 0 Å². The molecule has 0 aromatic heterocycles. The van der Waals surface area contributed by atoms with Crippen molar-refractivity contribution in [2.24, 2.45) is 17.6 Å². The molecule has 3 atom stereocenters. The zero-order valence-electron chi connectivity index (χ0n) is 19.9. The smallest absolute Gasteiger partial charge is 0.00388 e. The molecule has 1 rings (SSSR count). The van der Waals surface area contributed by atoms with Gasteiger partial charge in [-0.2, -0.15) is 0 Å². The van der Waals surface area contributed by atoms with E-state index in [1.165, 1.54) is 135 Å². The first-order chi connectivity index (χ1) is 13.8. The molecule has 1 aliphatic carbocycles. The Morgan fingerprint density at radius 1 is 0.536 bits per heavy atom. The predicted octanol–water partition coefficient (Wildman–Crippen LogP) is 9.18. The zero-order chi connectivity index (χ0) is 20.3. The van der Waals surface area contributed by atoms with Gasteiger partial charge in [-0.3, -0.25) is 0 Å². The Morgan fingerprint density at radius 2 is 0.893 bits per heavy atom. The summed E-state index contributed by atoms with van der Waals surface area (Å²) in [6, 6.07) is 0.473. The monoisotopic (exact) mass is 393 g/mol. The van der Waals surface area contributed by atoms with Crippen molar-refractivity contribution in [3.05, 3.63) is 0 Å². The lowest BCUT2D eigenvalue weighted by atomic mass is 10.0. The first-order valence-corrected chi connectivity index (χ1v) is 13.5. The normalized spacial score (nSPS) is 19.8. The highest BCUT2D eigenvalue weighted by atomic mass is 14.6. The summed E-state index contributed by atoms with van der Waals surface area (Å²) in [6.07, 6.45) is 31.4. The van der Waals surface area contributed by atoms with Crippen LogP contribution >= 0.6 is 0 Å². The van der Waals surface area contributed by atoms with Gasteiger partial charge >= 0.3 is 0 Å². The van der Waals surface area contributed by atoms with Crippen LogP contribution in [0.25, 0.3) is 0 Å². The second-order valence-corrected chi connectivity index (χ2v) is 9.97. The number of rotatable bonds is 22. The van der Waals surface area contributed by atoms with E-state index in [-0.39, 0.29) is 0 Å². The lowest BCUT2D eigenvalue weighted by molar-refractivity contribution is 0.478. The van der Waals surface area contributed by atoms with Gasteiger partial charge in [0.2, 0.25) is 0 Å². The van der Waals surface area contributed by atoms with Crippen LogP contribution in [0.3, 0.4) is 0 Å². The summed E-state index contributed by atoms with van der Waals surface area (Å²) in [4.78, 5) is 0. The third-order valence-electron chi connectivity index (χ3n) is 7.08. The molecule has 1 fully saturated rings. The second-order valence-electron chi connectivity index (χ2n) is 9.97. The average Bonchev–Trinajstić information content (AvgIpc) is 3.44. The molecule has 2 N–H and O–H groups in total. The highest BCUT2D eigenvalue weighted by Crippen LogP contribution is 2.45. The van der Waals surface area contributed by atoms with E-state index in [0.29, 0.717) is 6.04 Å². The van der Waals surface area contributed by atoms with Gasteiger partial charge in [-0.05, 0) is 31.1 Å². The quantitative estimate of drug-likeness (QED) is 0.182. The Bertz CT molecular complexity index is 313. The molecule has 28 heavy (non-hydrogen) atoms. The summed E-state index contributed by atoms with van der Waals surface area (Å²) >= 11 is 0. The molecule has 0 aromatic carbocycles. The van der Waals surface area contributed by atoms with Crippen LogP contribution in [0.1, 0.15) is 155 Å². The van der Waals surface area contributed by atoms with Crippen molar-refractivity contribution >= 4 is 0 Å². The Kier molecular flexibility index (Phi) is 17.6. The molecule has 1 aliphatic rings. The van der Waals surface area contributed by atoms with Gasteiger partial charge in [0.15, 0.2) is 0 Å². The lowest BCUT2D eigenvalue weighted by Gasteiger charge is -2.11. The van der Waals surface area contributed by atoms with E-state index in [4.69, 9.17) is 5.73 Å². The lowest BCUT2D eigenvalue weighted by Crippen LogP contribution is -2.19. The molecular weight excluding hydrogens is 338 g/mol. The SMILES string of the molecule is CCCCCCCCC(N)CCCCCCC[C@H]1C[C@H]1CCCCCCCC. The molecule has 0 saturated heterocycles. The minimum atomic E-state index is 0.473. The van der Waals surface area contributed by atoms with Crippen LogP contribution in [0.2, 0.25) is 0 Å². The van der Waals surface area contributed by atoms with Gasteiger partial charge in [0.05, 0.1) is 0 Å². The van der Waals surface area contributed by atoms with Crippen LogP contribution in [0.4, 0.5) is 0 Å². The standard InChI is InChI=1S/C27H55N/c1-3-5-7-9-12-16-20-25-24-26(25)21-17-13-11-15-19-23-27(28)22-18-14-10-8-6-4-2/h25-27H,3-24,28H2,1-2H3/t25-,26+,27?/m1/s1. The maximum Gasteiger partial charge on any atom is 0.00388 e. The highest BCUT2D eigenvalue weighted by Gasteiger charge is 2.34. The van der Waals surface area contributed by atoms with Gasteiger partial charge < -0.3 is 5.73 Å². The first-order valence-electron chi connectivity index (χ1n) is 13.5. The van der Waals surface area contributed by atoms with Gasteiger partial charge in [-0.1, -0.05) is 136 Å². The first kappa shape index (κ1) is 26.0. The topological polar surface area (TPSA) is 26.0 Å². The third kappa shape index (κ3) is 15.8. The summed E-state index contributed by atoms with van der Waals surface area (Å²) in [5.74, 6) is 2.23. The van der Waals surface area contributed by atoms with Crippen molar-refractivity contribution in [2.75, 3.05) is 0 Å². The van der Waals surface area contributed by atoms with Crippen LogP contribution < -0.4 is 5.73 Å². The van der Waals surface area contributed by atoms with E-state index < -0.39 is 0 Å². The molecule has 0 heterocycles. The largest absolute Gasteiger partial charge is 0.328 e. The Morgan fingerprint density at radius 3 is 1.32 bits per heavy atom. The van der Waals surface area contributed by atoms with Crippen molar-refractivity contribution < 1.29 is 0 Å². The maximum atomic E-state index is 6.29. The van der Waals surface area contributed by atoms with Crippen molar-refractivity contribution in [3.8, 4) is 0 Å². The van der Waals surface area contributed by atoms with Gasteiger partial charge in [-0.15, -0.1) is 0 Å². The van der Waals surface area contributed by atoms with Crippen molar-refractivity contribution in [1.29, 1.82) is 0 Å². The molecule has 0 aliphatic heterocycles. The fraction of sp³-hybridized carbons (Fsp3) is 1.00. The maximum absolute atomic E-state index is 6.29. The summed E-state index contributed by atoms with van der Waals surface area (Å²) in [7, 11) is 0. The van der Waals surface area contributed by atoms with Crippen LogP contribution in [0, 0.1) is 11.8 Å².